The summed E-state index contributed by atoms with van der Waals surface area (Å²) >= 11 is 0. The molecule has 0 aromatic heterocycles. The van der Waals surface area contributed by atoms with Gasteiger partial charge in [-0.1, -0.05) is 49.6 Å². The van der Waals surface area contributed by atoms with Crippen LogP contribution >= 0.6 is 0 Å². The van der Waals surface area contributed by atoms with E-state index in [2.05, 4.69) is 41.0 Å². The lowest BCUT2D eigenvalue weighted by atomic mass is 9.95. The van der Waals surface area contributed by atoms with Crippen LogP contribution in [0.2, 0.25) is 0 Å². The first-order chi connectivity index (χ1) is 8.45. The Hall–Kier alpha value is -0.860. The Balaban J connectivity index is 1.51. The number of nitrogens with one attached hydrogen (secondary N) is 2. The van der Waals surface area contributed by atoms with Crippen molar-refractivity contribution in [2.45, 2.75) is 44.7 Å². The molecule has 17 heavy (non-hydrogen) atoms. The molecule has 2 heteroatoms. The molecule has 0 unspecified atom stereocenters. The highest BCUT2D eigenvalue weighted by molar-refractivity contribution is 5.14. The van der Waals surface area contributed by atoms with Gasteiger partial charge in [0.25, 0.3) is 0 Å². The molecule has 2 rings (SSSR count). The van der Waals surface area contributed by atoms with E-state index in [0.29, 0.717) is 0 Å². The quantitative estimate of drug-likeness (QED) is 0.737. The summed E-state index contributed by atoms with van der Waals surface area (Å²) in [6.07, 6.45) is 7.01. The molecule has 2 N–H and O–H groups in total. The lowest BCUT2D eigenvalue weighted by molar-refractivity contribution is 0.372. The van der Waals surface area contributed by atoms with Gasteiger partial charge in [-0.05, 0) is 18.4 Å². The predicted octanol–water partition coefficient (Wildman–Crippen LogP) is 2.70. The van der Waals surface area contributed by atoms with Crippen molar-refractivity contribution < 1.29 is 0 Å². The van der Waals surface area contributed by atoms with Crippen molar-refractivity contribution in [2.24, 2.45) is 0 Å². The zero-order valence-electron chi connectivity index (χ0n) is 10.6. The van der Waals surface area contributed by atoms with Gasteiger partial charge in [-0.2, -0.15) is 0 Å². The van der Waals surface area contributed by atoms with Crippen LogP contribution in [0.4, 0.5) is 0 Å². The van der Waals surface area contributed by atoms with Crippen LogP contribution in [-0.2, 0) is 6.54 Å². The lowest BCUT2D eigenvalue weighted by Crippen LogP contribution is -2.36. The van der Waals surface area contributed by atoms with E-state index in [9.17, 15) is 0 Å². The fraction of sp³-hybridized carbons (Fsp3) is 0.600. The predicted molar refractivity (Wildman–Crippen MR) is 73.0 cm³/mol. The second-order valence-corrected chi connectivity index (χ2v) is 4.95. The molecule has 0 radical (unpaired) electrons. The van der Waals surface area contributed by atoms with Crippen LogP contribution in [0.1, 0.15) is 37.7 Å². The Kier molecular flexibility index (Phi) is 5.53. The van der Waals surface area contributed by atoms with Gasteiger partial charge in [0.15, 0.2) is 0 Å². The topological polar surface area (TPSA) is 24.1 Å². The van der Waals surface area contributed by atoms with Crippen molar-refractivity contribution in [1.29, 1.82) is 0 Å². The molecule has 0 bridgehead atoms. The minimum absolute atomic E-state index is 0.780. The Labute approximate surface area is 105 Å². The van der Waals surface area contributed by atoms with Gasteiger partial charge in [-0.15, -0.1) is 0 Å². The number of rotatable bonds is 6. The zero-order valence-corrected chi connectivity index (χ0v) is 10.6. The van der Waals surface area contributed by atoms with Crippen LogP contribution in [0.15, 0.2) is 30.3 Å². The van der Waals surface area contributed by atoms with Crippen molar-refractivity contribution in [3.63, 3.8) is 0 Å². The second kappa shape index (κ2) is 7.46. The lowest BCUT2D eigenvalue weighted by Gasteiger charge is -2.22. The molecule has 1 fully saturated rings. The number of benzene rings is 1. The second-order valence-electron chi connectivity index (χ2n) is 4.95. The van der Waals surface area contributed by atoms with Gasteiger partial charge in [0.1, 0.15) is 0 Å². The van der Waals surface area contributed by atoms with Gasteiger partial charge in [-0.25, -0.2) is 0 Å². The molecule has 0 spiro atoms. The monoisotopic (exact) mass is 232 g/mol. The highest BCUT2D eigenvalue weighted by Gasteiger charge is 2.11. The maximum atomic E-state index is 3.65. The van der Waals surface area contributed by atoms with Gasteiger partial charge in [0.2, 0.25) is 0 Å². The molecule has 1 saturated carbocycles. The van der Waals surface area contributed by atoms with E-state index >= 15 is 0 Å². The van der Waals surface area contributed by atoms with Crippen molar-refractivity contribution in [3.05, 3.63) is 35.9 Å². The zero-order chi connectivity index (χ0) is 11.8. The first-order valence-electron chi connectivity index (χ1n) is 6.93. The Bertz CT molecular complexity index is 291. The minimum atomic E-state index is 0.780. The normalized spacial score (nSPS) is 17.2. The van der Waals surface area contributed by atoms with E-state index in [0.717, 1.165) is 25.7 Å². The summed E-state index contributed by atoms with van der Waals surface area (Å²) < 4.78 is 0. The summed E-state index contributed by atoms with van der Waals surface area (Å²) in [5, 5.41) is 7.12. The maximum absolute atomic E-state index is 3.65. The molecule has 0 saturated heterocycles. The van der Waals surface area contributed by atoms with Gasteiger partial charge < -0.3 is 10.6 Å². The van der Waals surface area contributed by atoms with Gasteiger partial charge in [0.05, 0.1) is 0 Å². The molecule has 1 aromatic carbocycles. The molecule has 1 aliphatic rings. The third kappa shape index (κ3) is 4.88. The highest BCUT2D eigenvalue weighted by Crippen LogP contribution is 2.16. The summed E-state index contributed by atoms with van der Waals surface area (Å²) in [4.78, 5) is 0. The Morgan fingerprint density at radius 1 is 0.941 bits per heavy atom. The van der Waals surface area contributed by atoms with Crippen molar-refractivity contribution in [2.75, 3.05) is 13.1 Å². The van der Waals surface area contributed by atoms with Crippen LogP contribution < -0.4 is 10.6 Å². The van der Waals surface area contributed by atoms with Crippen LogP contribution in [0.5, 0.6) is 0 Å². The van der Waals surface area contributed by atoms with Crippen LogP contribution in [-0.4, -0.2) is 19.1 Å². The highest BCUT2D eigenvalue weighted by atomic mass is 15.0. The standard InChI is InChI=1S/C15H24N2/c1-3-7-14(8-4-1)13-16-11-12-17-15-9-5-2-6-10-15/h1,3-4,7-8,15-17H,2,5-6,9-13H2. The molecule has 0 atom stereocenters. The minimum Gasteiger partial charge on any atom is -0.313 e. The molecule has 1 aliphatic carbocycles. The first kappa shape index (κ1) is 12.6. The summed E-state index contributed by atoms with van der Waals surface area (Å²) in [7, 11) is 0. The van der Waals surface area contributed by atoms with Crippen LogP contribution in [0, 0.1) is 0 Å². The van der Waals surface area contributed by atoms with Gasteiger partial charge in [0, 0.05) is 25.7 Å². The van der Waals surface area contributed by atoms with Crippen molar-refractivity contribution in [1.82, 2.24) is 10.6 Å². The van der Waals surface area contributed by atoms with E-state index in [1.807, 2.05) is 0 Å². The Morgan fingerprint density at radius 2 is 1.71 bits per heavy atom. The van der Waals surface area contributed by atoms with Crippen molar-refractivity contribution >= 4 is 0 Å². The average Bonchev–Trinajstić information content (AvgIpc) is 2.41. The molecular formula is C15H24N2. The molecule has 1 aromatic rings. The number of hydrogen-bond acceptors (Lipinski definition) is 2. The van der Waals surface area contributed by atoms with Crippen molar-refractivity contribution in [3.8, 4) is 0 Å². The van der Waals surface area contributed by atoms with E-state index in [-0.39, 0.29) is 0 Å². The summed E-state index contributed by atoms with van der Waals surface area (Å²) in [6, 6.07) is 11.4. The Morgan fingerprint density at radius 3 is 2.47 bits per heavy atom. The fourth-order valence-electron chi connectivity index (χ4n) is 2.50. The third-order valence-corrected chi connectivity index (χ3v) is 3.51. The average molecular weight is 232 g/mol. The van der Waals surface area contributed by atoms with E-state index < -0.39 is 0 Å². The SMILES string of the molecule is c1ccc(CNCCNC2CCCCC2)cc1. The maximum Gasteiger partial charge on any atom is 0.0206 e. The molecule has 0 heterocycles. The van der Waals surface area contributed by atoms with Gasteiger partial charge in [-0.3, -0.25) is 0 Å². The largest absolute Gasteiger partial charge is 0.313 e. The molecule has 94 valence electrons. The van der Waals surface area contributed by atoms with E-state index in [1.165, 1.54) is 37.7 Å². The summed E-state index contributed by atoms with van der Waals surface area (Å²) in [6.45, 7) is 3.14. The fourth-order valence-corrected chi connectivity index (χ4v) is 2.50. The van der Waals surface area contributed by atoms with E-state index in [4.69, 9.17) is 0 Å². The smallest absolute Gasteiger partial charge is 0.0206 e. The van der Waals surface area contributed by atoms with Gasteiger partial charge >= 0.3 is 0 Å². The van der Waals surface area contributed by atoms with Crippen LogP contribution in [0.25, 0.3) is 0 Å². The van der Waals surface area contributed by atoms with E-state index in [1.54, 1.807) is 0 Å². The first-order valence-corrected chi connectivity index (χ1v) is 6.93. The summed E-state index contributed by atoms with van der Waals surface area (Å²) in [5.74, 6) is 0. The molecular weight excluding hydrogens is 208 g/mol. The molecule has 0 amide bonds. The molecule has 0 aliphatic heterocycles. The van der Waals surface area contributed by atoms with Crippen LogP contribution in [0.3, 0.4) is 0 Å². The number of hydrogen-bond donors (Lipinski definition) is 2. The third-order valence-electron chi connectivity index (χ3n) is 3.51. The summed E-state index contributed by atoms with van der Waals surface area (Å²) in [5.41, 5.74) is 1.37. The molecule has 2 nitrogen and oxygen atoms in total.